The molecule has 1 amide bonds. The molecule has 0 saturated heterocycles. The fourth-order valence-corrected chi connectivity index (χ4v) is 2.39. The van der Waals surface area contributed by atoms with E-state index in [4.69, 9.17) is 4.74 Å². The molecule has 0 unspecified atom stereocenters. The molecule has 0 aromatic heterocycles. The third-order valence-corrected chi connectivity index (χ3v) is 3.51. The Balaban J connectivity index is 2.11. The van der Waals surface area contributed by atoms with Gasteiger partial charge in [0.25, 0.3) is 0 Å². The number of ether oxygens (including phenoxy) is 1. The van der Waals surface area contributed by atoms with Crippen LogP contribution in [0.4, 0.5) is 0 Å². The summed E-state index contributed by atoms with van der Waals surface area (Å²) >= 11 is 0. The van der Waals surface area contributed by atoms with Gasteiger partial charge < -0.3 is 15.4 Å². The molecule has 0 bridgehead atoms. The van der Waals surface area contributed by atoms with Gasteiger partial charge in [-0.05, 0) is 36.9 Å². The van der Waals surface area contributed by atoms with Crippen molar-refractivity contribution in [2.24, 2.45) is 0 Å². The molecule has 21 heavy (non-hydrogen) atoms. The maximum Gasteiger partial charge on any atom is 0.220 e. The predicted octanol–water partition coefficient (Wildman–Crippen LogP) is 2.46. The third kappa shape index (κ3) is 3.95. The van der Waals surface area contributed by atoms with Gasteiger partial charge >= 0.3 is 0 Å². The van der Waals surface area contributed by atoms with E-state index in [2.05, 4.69) is 22.8 Å². The fraction of sp³-hybridized carbons (Fsp3) is 0.353. The molecule has 0 atom stereocenters. The smallest absolute Gasteiger partial charge is 0.220 e. The number of fused-ring (bicyclic) bond motifs is 1. The van der Waals surface area contributed by atoms with Crippen LogP contribution in [0.2, 0.25) is 0 Å². The lowest BCUT2D eigenvalue weighted by Crippen LogP contribution is -2.24. The molecule has 2 rings (SSSR count). The summed E-state index contributed by atoms with van der Waals surface area (Å²) < 4.78 is 5.42. The standard InChI is InChI=1S/C17H22N2O2/c1-18-11-5-8-17(20)19-12-15-14-7-4-3-6-13(14)9-10-16(15)21-2/h3-4,6-7,9-10,18H,5,8,11-12H2,1-2H3,(H,19,20). The Morgan fingerprint density at radius 1 is 1.19 bits per heavy atom. The number of hydrogen-bond donors (Lipinski definition) is 2. The molecule has 0 radical (unpaired) electrons. The largest absolute Gasteiger partial charge is 0.496 e. The van der Waals surface area contributed by atoms with Crippen LogP contribution in [0.3, 0.4) is 0 Å². The van der Waals surface area contributed by atoms with E-state index in [9.17, 15) is 4.79 Å². The van der Waals surface area contributed by atoms with Crippen LogP contribution in [0.1, 0.15) is 18.4 Å². The van der Waals surface area contributed by atoms with Gasteiger partial charge in [0.2, 0.25) is 5.91 Å². The Bertz CT molecular complexity index is 611. The Morgan fingerprint density at radius 2 is 2.00 bits per heavy atom. The zero-order valence-electron chi connectivity index (χ0n) is 12.6. The van der Waals surface area contributed by atoms with Crippen LogP contribution in [0.25, 0.3) is 10.8 Å². The fourth-order valence-electron chi connectivity index (χ4n) is 2.39. The highest BCUT2D eigenvalue weighted by Gasteiger charge is 2.09. The number of carbonyl (C=O) groups is 1. The normalized spacial score (nSPS) is 10.6. The molecule has 4 heteroatoms. The van der Waals surface area contributed by atoms with E-state index in [-0.39, 0.29) is 5.91 Å². The third-order valence-electron chi connectivity index (χ3n) is 3.51. The van der Waals surface area contributed by atoms with Gasteiger partial charge in [0.1, 0.15) is 5.75 Å². The lowest BCUT2D eigenvalue weighted by molar-refractivity contribution is -0.121. The minimum Gasteiger partial charge on any atom is -0.496 e. The average Bonchev–Trinajstić information content (AvgIpc) is 2.52. The Morgan fingerprint density at radius 3 is 2.76 bits per heavy atom. The molecule has 0 heterocycles. The van der Waals surface area contributed by atoms with Crippen molar-refractivity contribution in [3.63, 3.8) is 0 Å². The van der Waals surface area contributed by atoms with Gasteiger partial charge in [0, 0.05) is 18.5 Å². The lowest BCUT2D eigenvalue weighted by atomic mass is 10.0. The highest BCUT2D eigenvalue weighted by atomic mass is 16.5. The molecule has 0 saturated carbocycles. The van der Waals surface area contributed by atoms with Crippen LogP contribution in [0, 0.1) is 0 Å². The number of methoxy groups -OCH3 is 1. The van der Waals surface area contributed by atoms with Gasteiger partial charge in [-0.2, -0.15) is 0 Å². The zero-order valence-corrected chi connectivity index (χ0v) is 12.6. The summed E-state index contributed by atoms with van der Waals surface area (Å²) in [6, 6.07) is 12.1. The van der Waals surface area contributed by atoms with Crippen LogP contribution in [-0.2, 0) is 11.3 Å². The van der Waals surface area contributed by atoms with Crippen molar-refractivity contribution in [2.75, 3.05) is 20.7 Å². The van der Waals surface area contributed by atoms with Gasteiger partial charge in [0.05, 0.1) is 7.11 Å². The molecular formula is C17H22N2O2. The zero-order chi connectivity index (χ0) is 15.1. The van der Waals surface area contributed by atoms with Crippen molar-refractivity contribution in [2.45, 2.75) is 19.4 Å². The summed E-state index contributed by atoms with van der Waals surface area (Å²) in [7, 11) is 3.54. The van der Waals surface area contributed by atoms with Crippen LogP contribution in [-0.4, -0.2) is 26.6 Å². The van der Waals surface area contributed by atoms with Crippen LogP contribution < -0.4 is 15.4 Å². The summed E-state index contributed by atoms with van der Waals surface area (Å²) in [6.45, 7) is 1.34. The van der Waals surface area contributed by atoms with Crippen molar-refractivity contribution in [1.82, 2.24) is 10.6 Å². The second-order valence-corrected chi connectivity index (χ2v) is 4.95. The van der Waals surface area contributed by atoms with Crippen LogP contribution in [0.5, 0.6) is 5.75 Å². The van der Waals surface area contributed by atoms with Crippen LogP contribution >= 0.6 is 0 Å². The van der Waals surface area contributed by atoms with Crippen molar-refractivity contribution < 1.29 is 9.53 Å². The van der Waals surface area contributed by atoms with Gasteiger partial charge in [-0.15, -0.1) is 0 Å². The molecule has 0 aliphatic heterocycles. The van der Waals surface area contributed by atoms with Gasteiger partial charge in [-0.3, -0.25) is 4.79 Å². The monoisotopic (exact) mass is 286 g/mol. The molecule has 2 aromatic carbocycles. The van der Waals surface area contributed by atoms with Gasteiger partial charge in [-0.1, -0.05) is 30.3 Å². The molecule has 4 nitrogen and oxygen atoms in total. The van der Waals surface area contributed by atoms with E-state index in [0.717, 1.165) is 35.1 Å². The van der Waals surface area contributed by atoms with E-state index < -0.39 is 0 Å². The molecule has 0 fully saturated rings. The van der Waals surface area contributed by atoms with Crippen molar-refractivity contribution in [3.8, 4) is 5.75 Å². The first-order valence-corrected chi connectivity index (χ1v) is 7.22. The first-order valence-electron chi connectivity index (χ1n) is 7.22. The maximum absolute atomic E-state index is 11.8. The van der Waals surface area contributed by atoms with E-state index in [0.29, 0.717) is 13.0 Å². The minimum absolute atomic E-state index is 0.0697. The summed E-state index contributed by atoms with van der Waals surface area (Å²) in [4.78, 5) is 11.8. The second kappa shape index (κ2) is 7.64. The van der Waals surface area contributed by atoms with E-state index in [1.807, 2.05) is 31.3 Å². The summed E-state index contributed by atoms with van der Waals surface area (Å²) in [6.07, 6.45) is 1.38. The highest BCUT2D eigenvalue weighted by molar-refractivity contribution is 5.88. The molecule has 2 aromatic rings. The lowest BCUT2D eigenvalue weighted by Gasteiger charge is -2.13. The summed E-state index contributed by atoms with van der Waals surface area (Å²) in [5.74, 6) is 0.879. The number of benzene rings is 2. The first-order chi connectivity index (χ1) is 10.3. The molecule has 2 N–H and O–H groups in total. The van der Waals surface area contributed by atoms with E-state index in [1.54, 1.807) is 7.11 Å². The molecular weight excluding hydrogens is 264 g/mol. The van der Waals surface area contributed by atoms with E-state index >= 15 is 0 Å². The number of rotatable bonds is 7. The van der Waals surface area contributed by atoms with E-state index in [1.165, 1.54) is 0 Å². The highest BCUT2D eigenvalue weighted by Crippen LogP contribution is 2.27. The number of carbonyl (C=O) groups excluding carboxylic acids is 1. The van der Waals surface area contributed by atoms with Gasteiger partial charge in [-0.25, -0.2) is 0 Å². The minimum atomic E-state index is 0.0697. The Kier molecular flexibility index (Phi) is 5.58. The maximum atomic E-state index is 11.8. The summed E-state index contributed by atoms with van der Waals surface area (Å²) in [5, 5.41) is 8.29. The predicted molar refractivity (Wildman–Crippen MR) is 85.5 cm³/mol. The topological polar surface area (TPSA) is 50.4 Å². The molecule has 0 spiro atoms. The van der Waals surface area contributed by atoms with Gasteiger partial charge in [0.15, 0.2) is 0 Å². The van der Waals surface area contributed by atoms with Crippen molar-refractivity contribution in [1.29, 1.82) is 0 Å². The first kappa shape index (κ1) is 15.3. The van der Waals surface area contributed by atoms with Crippen molar-refractivity contribution >= 4 is 16.7 Å². The Hall–Kier alpha value is -2.07. The quantitative estimate of drug-likeness (QED) is 0.769. The average molecular weight is 286 g/mol. The number of nitrogens with one attached hydrogen (secondary N) is 2. The second-order valence-electron chi connectivity index (χ2n) is 4.95. The molecule has 0 aliphatic rings. The number of amides is 1. The Labute approximate surface area is 125 Å². The van der Waals surface area contributed by atoms with Crippen molar-refractivity contribution in [3.05, 3.63) is 42.0 Å². The SMILES string of the molecule is CNCCCC(=O)NCc1c(OC)ccc2ccccc12. The molecule has 0 aliphatic carbocycles. The number of hydrogen-bond acceptors (Lipinski definition) is 3. The molecule has 112 valence electrons. The summed E-state index contributed by atoms with van der Waals surface area (Å²) in [5.41, 5.74) is 1.03. The van der Waals surface area contributed by atoms with Crippen LogP contribution in [0.15, 0.2) is 36.4 Å².